The Kier molecular flexibility index (Phi) is 4.65. The van der Waals surface area contributed by atoms with Gasteiger partial charge in [-0.25, -0.2) is 0 Å². The first kappa shape index (κ1) is 16.7. The molecule has 1 aromatic heterocycles. The molecule has 0 spiro atoms. The van der Waals surface area contributed by atoms with Crippen LogP contribution >= 0.6 is 0 Å². The summed E-state index contributed by atoms with van der Waals surface area (Å²) in [5.74, 6) is 0.241. The summed E-state index contributed by atoms with van der Waals surface area (Å²) in [7, 11) is 0. The molecule has 2 aliphatic rings. The van der Waals surface area contributed by atoms with Crippen LogP contribution < -0.4 is 16.0 Å². The Hall–Kier alpha value is -2.76. The van der Waals surface area contributed by atoms with Crippen molar-refractivity contribution in [3.05, 3.63) is 47.8 Å². The molecule has 4 rings (SSSR count). The molecule has 0 bridgehead atoms. The van der Waals surface area contributed by atoms with E-state index < -0.39 is 0 Å². The van der Waals surface area contributed by atoms with Crippen LogP contribution in [-0.2, 0) is 4.79 Å². The van der Waals surface area contributed by atoms with Crippen molar-refractivity contribution in [2.24, 2.45) is 5.92 Å². The minimum absolute atomic E-state index is 0.0840. The van der Waals surface area contributed by atoms with E-state index in [0.29, 0.717) is 36.4 Å². The number of aromatic amines is 1. The molecule has 6 nitrogen and oxygen atoms in total. The number of H-pyrrole nitrogens is 1. The predicted octanol–water partition coefficient (Wildman–Crippen LogP) is 2.06. The van der Waals surface area contributed by atoms with Gasteiger partial charge in [0.05, 0.1) is 5.70 Å². The summed E-state index contributed by atoms with van der Waals surface area (Å²) in [5, 5.41) is 10.1. The first-order valence-corrected chi connectivity index (χ1v) is 9.33. The molecule has 1 aliphatic heterocycles. The van der Waals surface area contributed by atoms with Crippen LogP contribution in [0.4, 0.5) is 0 Å². The zero-order valence-electron chi connectivity index (χ0n) is 14.7. The molecule has 1 saturated carbocycles. The molecule has 136 valence electrons. The molecule has 1 fully saturated rings. The summed E-state index contributed by atoms with van der Waals surface area (Å²) >= 11 is 0. The third-order valence-corrected chi connectivity index (χ3v) is 5.26. The standard InChI is InChI=1S/C20H24N4O2/c25-19(17-11-13-5-1-3-7-15(13)23-17)21-9-10-22-20(26)18-12-14-6-2-4-8-16(14)24-18/h1,3,5,7,11-12,14,16,23-24H,2,4,6,8-10H2,(H,21,25)(H,22,26). The predicted molar refractivity (Wildman–Crippen MR) is 101 cm³/mol. The topological polar surface area (TPSA) is 86.0 Å². The van der Waals surface area contributed by atoms with Crippen LogP contribution in [0.2, 0.25) is 0 Å². The van der Waals surface area contributed by atoms with Crippen molar-refractivity contribution < 1.29 is 9.59 Å². The van der Waals surface area contributed by atoms with E-state index in [2.05, 4.69) is 27.0 Å². The van der Waals surface area contributed by atoms with Crippen LogP contribution in [0.25, 0.3) is 10.9 Å². The number of nitrogens with one attached hydrogen (secondary N) is 4. The molecule has 1 aromatic carbocycles. The van der Waals surface area contributed by atoms with Gasteiger partial charge < -0.3 is 20.9 Å². The molecule has 0 saturated heterocycles. The Labute approximate surface area is 152 Å². The molecular weight excluding hydrogens is 328 g/mol. The Morgan fingerprint density at radius 1 is 1.04 bits per heavy atom. The Morgan fingerprint density at radius 3 is 2.62 bits per heavy atom. The molecular formula is C20H24N4O2. The Balaban J connectivity index is 1.23. The minimum Gasteiger partial charge on any atom is -0.378 e. The largest absolute Gasteiger partial charge is 0.378 e. The summed E-state index contributed by atoms with van der Waals surface area (Å²) in [4.78, 5) is 27.6. The second kappa shape index (κ2) is 7.23. The van der Waals surface area contributed by atoms with Crippen LogP contribution in [0, 0.1) is 5.92 Å². The normalized spacial score (nSPS) is 21.6. The Morgan fingerprint density at radius 2 is 1.81 bits per heavy atom. The first-order chi connectivity index (χ1) is 12.7. The average Bonchev–Trinajstić information content (AvgIpc) is 3.28. The van der Waals surface area contributed by atoms with Gasteiger partial charge >= 0.3 is 0 Å². The average molecular weight is 352 g/mol. The smallest absolute Gasteiger partial charge is 0.267 e. The van der Waals surface area contributed by atoms with Gasteiger partial charge in [0.15, 0.2) is 0 Å². The maximum absolute atomic E-state index is 12.3. The lowest BCUT2D eigenvalue weighted by molar-refractivity contribution is -0.117. The van der Waals surface area contributed by atoms with Crippen molar-refractivity contribution in [3.8, 4) is 0 Å². The number of fused-ring (bicyclic) bond motifs is 2. The van der Waals surface area contributed by atoms with E-state index >= 15 is 0 Å². The maximum atomic E-state index is 12.3. The first-order valence-electron chi connectivity index (χ1n) is 9.33. The molecule has 2 heterocycles. The molecule has 2 unspecified atom stereocenters. The fourth-order valence-corrected chi connectivity index (χ4v) is 3.88. The molecule has 2 aromatic rings. The van der Waals surface area contributed by atoms with Crippen molar-refractivity contribution in [1.82, 2.24) is 20.9 Å². The highest BCUT2D eigenvalue weighted by molar-refractivity contribution is 5.98. The number of amides is 2. The van der Waals surface area contributed by atoms with Crippen molar-refractivity contribution >= 4 is 22.7 Å². The number of aromatic nitrogens is 1. The van der Waals surface area contributed by atoms with Crippen LogP contribution in [-0.4, -0.2) is 35.9 Å². The van der Waals surface area contributed by atoms with Gasteiger partial charge in [-0.1, -0.05) is 37.1 Å². The van der Waals surface area contributed by atoms with Gasteiger partial charge in [0, 0.05) is 30.0 Å². The van der Waals surface area contributed by atoms with Crippen LogP contribution in [0.15, 0.2) is 42.1 Å². The second-order valence-electron chi connectivity index (χ2n) is 7.06. The van der Waals surface area contributed by atoms with Crippen molar-refractivity contribution in [1.29, 1.82) is 0 Å². The van der Waals surface area contributed by atoms with E-state index in [9.17, 15) is 9.59 Å². The Bertz CT molecular complexity index is 821. The maximum Gasteiger partial charge on any atom is 0.267 e. The summed E-state index contributed by atoms with van der Waals surface area (Å²) in [6, 6.07) is 10.0. The van der Waals surface area contributed by atoms with Crippen molar-refractivity contribution in [2.45, 2.75) is 31.7 Å². The van der Waals surface area contributed by atoms with Gasteiger partial charge in [-0.05, 0) is 30.9 Å². The summed E-state index contributed by atoms with van der Waals surface area (Å²) in [6.45, 7) is 0.791. The monoisotopic (exact) mass is 352 g/mol. The number of carbonyl (C=O) groups is 2. The van der Waals surface area contributed by atoms with Gasteiger partial charge in [0.2, 0.25) is 0 Å². The fourth-order valence-electron chi connectivity index (χ4n) is 3.88. The number of benzene rings is 1. The van der Waals surface area contributed by atoms with E-state index in [4.69, 9.17) is 0 Å². The van der Waals surface area contributed by atoms with Gasteiger partial charge in [-0.3, -0.25) is 9.59 Å². The van der Waals surface area contributed by atoms with Crippen LogP contribution in [0.3, 0.4) is 0 Å². The number of hydrogen-bond donors (Lipinski definition) is 4. The summed E-state index contributed by atoms with van der Waals surface area (Å²) in [5.41, 5.74) is 2.15. The van der Waals surface area contributed by atoms with Gasteiger partial charge in [0.1, 0.15) is 5.69 Å². The van der Waals surface area contributed by atoms with Gasteiger partial charge in [0.25, 0.3) is 11.8 Å². The molecule has 0 radical (unpaired) electrons. The van der Waals surface area contributed by atoms with Gasteiger partial charge in [-0.15, -0.1) is 0 Å². The lowest BCUT2D eigenvalue weighted by Gasteiger charge is -2.24. The highest BCUT2D eigenvalue weighted by Crippen LogP contribution is 2.30. The molecule has 1 aliphatic carbocycles. The lowest BCUT2D eigenvalue weighted by atomic mass is 9.86. The summed E-state index contributed by atoms with van der Waals surface area (Å²) in [6.07, 6.45) is 6.85. The third kappa shape index (κ3) is 3.45. The van der Waals surface area contributed by atoms with E-state index in [1.807, 2.05) is 30.3 Å². The fraction of sp³-hybridized carbons (Fsp3) is 0.400. The highest BCUT2D eigenvalue weighted by Gasteiger charge is 2.31. The molecule has 2 atom stereocenters. The highest BCUT2D eigenvalue weighted by atomic mass is 16.2. The van der Waals surface area contributed by atoms with Crippen molar-refractivity contribution in [2.75, 3.05) is 13.1 Å². The van der Waals surface area contributed by atoms with E-state index in [-0.39, 0.29) is 11.8 Å². The summed E-state index contributed by atoms with van der Waals surface area (Å²) < 4.78 is 0. The van der Waals surface area contributed by atoms with Crippen LogP contribution in [0.5, 0.6) is 0 Å². The zero-order valence-corrected chi connectivity index (χ0v) is 14.7. The van der Waals surface area contributed by atoms with E-state index in [1.165, 1.54) is 12.8 Å². The number of para-hydroxylation sites is 1. The molecule has 26 heavy (non-hydrogen) atoms. The number of rotatable bonds is 5. The van der Waals surface area contributed by atoms with Gasteiger partial charge in [-0.2, -0.15) is 0 Å². The van der Waals surface area contributed by atoms with Crippen molar-refractivity contribution in [3.63, 3.8) is 0 Å². The minimum atomic E-state index is -0.167. The third-order valence-electron chi connectivity index (χ3n) is 5.26. The molecule has 2 amide bonds. The number of carbonyl (C=O) groups excluding carboxylic acids is 2. The van der Waals surface area contributed by atoms with E-state index in [1.54, 1.807) is 0 Å². The number of hydrogen-bond acceptors (Lipinski definition) is 3. The SMILES string of the molecule is O=C(NCCNC(=O)c1cc2ccccc2[nH]1)C1=CC2CCCCC2N1. The zero-order chi connectivity index (χ0) is 17.9. The molecule has 4 N–H and O–H groups in total. The van der Waals surface area contributed by atoms with Crippen LogP contribution in [0.1, 0.15) is 36.2 Å². The molecule has 6 heteroatoms. The van der Waals surface area contributed by atoms with E-state index in [0.717, 1.165) is 23.7 Å². The quantitative estimate of drug-likeness (QED) is 0.621. The lowest BCUT2D eigenvalue weighted by Crippen LogP contribution is -2.39. The second-order valence-corrected chi connectivity index (χ2v) is 7.06.